The van der Waals surface area contributed by atoms with Crippen molar-refractivity contribution >= 4 is 22.8 Å². The minimum absolute atomic E-state index is 0.135. The topological polar surface area (TPSA) is 35.5 Å². The molecule has 2 aromatic rings. The van der Waals surface area contributed by atoms with E-state index < -0.39 is 0 Å². The Morgan fingerprint density at radius 1 is 1.20 bits per heavy atom. The molecular weight excluding hydrogens is 312 g/mol. The van der Waals surface area contributed by atoms with Crippen molar-refractivity contribution in [1.82, 2.24) is 0 Å². The number of esters is 1. The van der Waals surface area contributed by atoms with E-state index in [2.05, 4.69) is 32.9 Å². The fraction of sp³-hybridized carbons (Fsp3) is 0.409. The van der Waals surface area contributed by atoms with Crippen LogP contribution in [0.25, 0.3) is 16.8 Å². The monoisotopic (exact) mass is 338 g/mol. The molecule has 0 bridgehead atoms. The average Bonchev–Trinajstić information content (AvgIpc) is 2.61. The van der Waals surface area contributed by atoms with Gasteiger partial charge in [0, 0.05) is 17.5 Å². The standard InChI is InChI=1S/C22H26O3/c1-4-5-9-21(23)25-20-13-11-18-19(24-14-15(2)3)12-10-16-7-6-8-17(20)22(16)18/h6-8,10-13,15,20H,4-5,9,14H2,1-3H3. The lowest BCUT2D eigenvalue weighted by Gasteiger charge is -2.23. The third-order valence-corrected chi connectivity index (χ3v) is 4.39. The summed E-state index contributed by atoms with van der Waals surface area (Å²) in [5.74, 6) is 1.22. The zero-order chi connectivity index (χ0) is 17.8. The molecule has 3 rings (SSSR count). The van der Waals surface area contributed by atoms with Crippen LogP contribution >= 0.6 is 0 Å². The Kier molecular flexibility index (Phi) is 5.42. The van der Waals surface area contributed by atoms with E-state index in [0.717, 1.165) is 40.5 Å². The first-order chi connectivity index (χ1) is 12.1. The first-order valence-corrected chi connectivity index (χ1v) is 9.16. The number of rotatable bonds is 7. The van der Waals surface area contributed by atoms with Crippen LogP contribution in [0.1, 0.15) is 57.3 Å². The molecule has 0 saturated heterocycles. The Labute approximate surface area is 149 Å². The van der Waals surface area contributed by atoms with Crippen molar-refractivity contribution in [3.05, 3.63) is 47.5 Å². The number of hydrogen-bond acceptors (Lipinski definition) is 3. The number of carbonyl (C=O) groups is 1. The highest BCUT2D eigenvalue weighted by molar-refractivity contribution is 5.97. The first kappa shape index (κ1) is 17.5. The maximum Gasteiger partial charge on any atom is 0.306 e. The molecule has 0 spiro atoms. The summed E-state index contributed by atoms with van der Waals surface area (Å²) in [4.78, 5) is 12.1. The van der Waals surface area contributed by atoms with Crippen LogP contribution in [0, 0.1) is 5.92 Å². The molecule has 1 atom stereocenters. The molecule has 0 heterocycles. The molecule has 3 nitrogen and oxygen atoms in total. The van der Waals surface area contributed by atoms with Gasteiger partial charge in [-0.1, -0.05) is 57.5 Å². The van der Waals surface area contributed by atoms with Crippen LogP contribution in [0.5, 0.6) is 5.75 Å². The number of carbonyl (C=O) groups excluding carboxylic acids is 1. The van der Waals surface area contributed by atoms with E-state index in [0.29, 0.717) is 18.9 Å². The summed E-state index contributed by atoms with van der Waals surface area (Å²) in [5.41, 5.74) is 2.12. The molecule has 0 radical (unpaired) electrons. The largest absolute Gasteiger partial charge is 0.493 e. The Balaban J connectivity index is 1.93. The lowest BCUT2D eigenvalue weighted by atomic mass is 9.91. The fourth-order valence-corrected chi connectivity index (χ4v) is 3.11. The van der Waals surface area contributed by atoms with E-state index in [1.165, 1.54) is 0 Å². The predicted molar refractivity (Wildman–Crippen MR) is 102 cm³/mol. The van der Waals surface area contributed by atoms with Crippen LogP contribution in [0.2, 0.25) is 0 Å². The predicted octanol–water partition coefficient (Wildman–Crippen LogP) is 5.68. The summed E-state index contributed by atoms with van der Waals surface area (Å²) in [6.07, 6.45) is 6.00. The van der Waals surface area contributed by atoms with Gasteiger partial charge >= 0.3 is 5.97 Å². The summed E-state index contributed by atoms with van der Waals surface area (Å²) in [6, 6.07) is 10.3. The number of benzene rings is 2. The smallest absolute Gasteiger partial charge is 0.306 e. The second kappa shape index (κ2) is 7.73. The minimum atomic E-state index is -0.319. The van der Waals surface area contributed by atoms with Crippen molar-refractivity contribution in [2.75, 3.05) is 6.61 Å². The van der Waals surface area contributed by atoms with Crippen molar-refractivity contribution < 1.29 is 14.3 Å². The van der Waals surface area contributed by atoms with Crippen LogP contribution in [0.15, 0.2) is 36.4 Å². The lowest BCUT2D eigenvalue weighted by Crippen LogP contribution is -2.12. The molecule has 1 unspecified atom stereocenters. The molecule has 2 aromatic carbocycles. The van der Waals surface area contributed by atoms with Gasteiger partial charge < -0.3 is 9.47 Å². The summed E-state index contributed by atoms with van der Waals surface area (Å²) in [7, 11) is 0. The fourth-order valence-electron chi connectivity index (χ4n) is 3.11. The maximum atomic E-state index is 12.1. The van der Waals surface area contributed by atoms with Crippen molar-refractivity contribution in [1.29, 1.82) is 0 Å². The van der Waals surface area contributed by atoms with E-state index in [-0.39, 0.29) is 12.1 Å². The summed E-state index contributed by atoms with van der Waals surface area (Å²) in [5, 5.41) is 2.27. The molecular formula is C22H26O3. The average molecular weight is 338 g/mol. The Hall–Kier alpha value is -2.29. The first-order valence-electron chi connectivity index (χ1n) is 9.16. The third kappa shape index (κ3) is 3.87. The van der Waals surface area contributed by atoms with E-state index in [4.69, 9.17) is 9.47 Å². The van der Waals surface area contributed by atoms with Gasteiger partial charge in [0.25, 0.3) is 0 Å². The van der Waals surface area contributed by atoms with Crippen LogP contribution < -0.4 is 4.74 Å². The number of unbranched alkanes of at least 4 members (excludes halogenated alkanes) is 1. The number of ether oxygens (including phenoxy) is 2. The van der Waals surface area contributed by atoms with Crippen molar-refractivity contribution in [2.24, 2.45) is 5.92 Å². The molecule has 3 heteroatoms. The van der Waals surface area contributed by atoms with E-state index in [1.54, 1.807) is 0 Å². The van der Waals surface area contributed by atoms with Gasteiger partial charge in [0.2, 0.25) is 0 Å². The Bertz CT molecular complexity index is 789. The molecule has 0 fully saturated rings. The molecule has 25 heavy (non-hydrogen) atoms. The zero-order valence-electron chi connectivity index (χ0n) is 15.2. The minimum Gasteiger partial charge on any atom is -0.493 e. The van der Waals surface area contributed by atoms with E-state index >= 15 is 0 Å². The van der Waals surface area contributed by atoms with Gasteiger partial charge in [-0.3, -0.25) is 4.79 Å². The highest BCUT2D eigenvalue weighted by Crippen LogP contribution is 2.40. The lowest BCUT2D eigenvalue weighted by molar-refractivity contribution is -0.147. The molecule has 1 aliphatic rings. The summed E-state index contributed by atoms with van der Waals surface area (Å²) < 4.78 is 11.7. The maximum absolute atomic E-state index is 12.1. The molecule has 0 aromatic heterocycles. The Morgan fingerprint density at radius 2 is 2.04 bits per heavy atom. The normalized spacial score (nSPS) is 15.6. The van der Waals surface area contributed by atoms with Gasteiger partial charge in [-0.05, 0) is 35.3 Å². The summed E-state index contributed by atoms with van der Waals surface area (Å²) >= 11 is 0. The van der Waals surface area contributed by atoms with Gasteiger partial charge in [0.1, 0.15) is 11.9 Å². The van der Waals surface area contributed by atoms with Crippen molar-refractivity contribution in [3.8, 4) is 5.75 Å². The molecule has 0 saturated carbocycles. The van der Waals surface area contributed by atoms with Gasteiger partial charge in [0.05, 0.1) is 6.61 Å². The van der Waals surface area contributed by atoms with E-state index in [9.17, 15) is 4.79 Å². The van der Waals surface area contributed by atoms with Gasteiger partial charge in [0.15, 0.2) is 0 Å². The third-order valence-electron chi connectivity index (χ3n) is 4.39. The second-order valence-corrected chi connectivity index (χ2v) is 7.00. The van der Waals surface area contributed by atoms with Crippen LogP contribution in [0.3, 0.4) is 0 Å². The van der Waals surface area contributed by atoms with Gasteiger partial charge in [-0.25, -0.2) is 0 Å². The van der Waals surface area contributed by atoms with Crippen molar-refractivity contribution in [3.63, 3.8) is 0 Å². The molecule has 0 amide bonds. The molecule has 132 valence electrons. The molecule has 1 aliphatic carbocycles. The molecule has 0 aliphatic heterocycles. The van der Waals surface area contributed by atoms with E-state index in [1.807, 2.05) is 30.4 Å². The van der Waals surface area contributed by atoms with Crippen LogP contribution in [-0.2, 0) is 9.53 Å². The van der Waals surface area contributed by atoms with Crippen LogP contribution in [0.4, 0.5) is 0 Å². The Morgan fingerprint density at radius 3 is 2.80 bits per heavy atom. The quantitative estimate of drug-likeness (QED) is 0.610. The SMILES string of the molecule is CCCCC(=O)OC1C=Cc2c(OCC(C)C)ccc3cccc1c23. The molecule has 0 N–H and O–H groups in total. The van der Waals surface area contributed by atoms with Gasteiger partial charge in [-0.15, -0.1) is 0 Å². The highest BCUT2D eigenvalue weighted by atomic mass is 16.5. The van der Waals surface area contributed by atoms with Crippen LogP contribution in [-0.4, -0.2) is 12.6 Å². The van der Waals surface area contributed by atoms with Crippen molar-refractivity contribution in [2.45, 2.75) is 46.1 Å². The summed E-state index contributed by atoms with van der Waals surface area (Å²) in [6.45, 7) is 7.03. The zero-order valence-corrected chi connectivity index (χ0v) is 15.2. The number of hydrogen-bond donors (Lipinski definition) is 0. The highest BCUT2D eigenvalue weighted by Gasteiger charge is 2.23. The van der Waals surface area contributed by atoms with Gasteiger partial charge in [-0.2, -0.15) is 0 Å². The second-order valence-electron chi connectivity index (χ2n) is 7.00.